The molecule has 116 valence electrons. The standard InChI is InChI=1S/C15H22N2O4/c1-11-14(16-7-9-20-11)15(18)17-8-10-21-13-5-3-12(19-2)4-6-13/h3-6,11,14,16H,7-10H2,1-2H3,(H,17,18)/t11-,14+/m1/s1. The summed E-state index contributed by atoms with van der Waals surface area (Å²) in [5, 5.41) is 5.99. The van der Waals surface area contributed by atoms with Gasteiger partial charge in [-0.2, -0.15) is 0 Å². The first-order valence-electron chi connectivity index (χ1n) is 7.10. The van der Waals surface area contributed by atoms with E-state index in [4.69, 9.17) is 14.2 Å². The Morgan fingerprint density at radius 1 is 1.38 bits per heavy atom. The highest BCUT2D eigenvalue weighted by atomic mass is 16.5. The highest BCUT2D eigenvalue weighted by molar-refractivity contribution is 5.82. The summed E-state index contributed by atoms with van der Waals surface area (Å²) < 4.78 is 16.1. The van der Waals surface area contributed by atoms with Gasteiger partial charge in [-0.3, -0.25) is 4.79 Å². The van der Waals surface area contributed by atoms with Crippen LogP contribution in [0.1, 0.15) is 6.92 Å². The summed E-state index contributed by atoms with van der Waals surface area (Å²) in [4.78, 5) is 12.0. The molecule has 6 nitrogen and oxygen atoms in total. The van der Waals surface area contributed by atoms with Gasteiger partial charge in [0.15, 0.2) is 0 Å². The van der Waals surface area contributed by atoms with E-state index in [2.05, 4.69) is 10.6 Å². The van der Waals surface area contributed by atoms with Crippen molar-refractivity contribution in [3.05, 3.63) is 24.3 Å². The van der Waals surface area contributed by atoms with Crippen molar-refractivity contribution < 1.29 is 19.0 Å². The summed E-state index contributed by atoms with van der Waals surface area (Å²) in [6.07, 6.45) is -0.110. The molecule has 2 atom stereocenters. The van der Waals surface area contributed by atoms with Crippen LogP contribution in [0.4, 0.5) is 0 Å². The van der Waals surface area contributed by atoms with E-state index in [1.807, 2.05) is 31.2 Å². The second-order valence-electron chi connectivity index (χ2n) is 4.82. The Morgan fingerprint density at radius 2 is 2.10 bits per heavy atom. The molecule has 0 saturated carbocycles. The number of rotatable bonds is 6. The number of amides is 1. The lowest BCUT2D eigenvalue weighted by Gasteiger charge is -2.29. The predicted molar refractivity (Wildman–Crippen MR) is 78.7 cm³/mol. The first-order chi connectivity index (χ1) is 10.2. The van der Waals surface area contributed by atoms with E-state index in [9.17, 15) is 4.79 Å². The SMILES string of the molecule is COc1ccc(OCCNC(=O)[C@H]2NCCO[C@@H]2C)cc1. The molecule has 1 fully saturated rings. The fourth-order valence-corrected chi connectivity index (χ4v) is 2.15. The van der Waals surface area contributed by atoms with Gasteiger partial charge in [0.2, 0.25) is 5.91 Å². The average Bonchev–Trinajstić information content (AvgIpc) is 2.52. The molecular weight excluding hydrogens is 272 g/mol. The zero-order chi connectivity index (χ0) is 15.1. The van der Waals surface area contributed by atoms with Crippen molar-refractivity contribution in [1.82, 2.24) is 10.6 Å². The predicted octanol–water partition coefficient (Wildman–Crippen LogP) is 0.567. The van der Waals surface area contributed by atoms with Gasteiger partial charge in [-0.15, -0.1) is 0 Å². The molecule has 1 aromatic carbocycles. The molecule has 0 aromatic heterocycles. The number of hydrogen-bond donors (Lipinski definition) is 2. The Bertz CT molecular complexity index is 449. The summed E-state index contributed by atoms with van der Waals surface area (Å²) in [5.41, 5.74) is 0. The van der Waals surface area contributed by atoms with Gasteiger partial charge in [-0.1, -0.05) is 0 Å². The number of nitrogens with one attached hydrogen (secondary N) is 2. The molecule has 6 heteroatoms. The van der Waals surface area contributed by atoms with Crippen molar-refractivity contribution in [2.45, 2.75) is 19.1 Å². The summed E-state index contributed by atoms with van der Waals surface area (Å²) in [6, 6.07) is 7.04. The minimum Gasteiger partial charge on any atom is -0.497 e. The molecule has 1 heterocycles. The number of benzene rings is 1. The van der Waals surface area contributed by atoms with Crippen LogP contribution in [0.5, 0.6) is 11.5 Å². The number of carbonyl (C=O) groups is 1. The van der Waals surface area contributed by atoms with Gasteiger partial charge in [-0.05, 0) is 31.2 Å². The third-order valence-corrected chi connectivity index (χ3v) is 3.33. The van der Waals surface area contributed by atoms with Crippen LogP contribution in [-0.4, -0.2) is 51.5 Å². The molecule has 2 N–H and O–H groups in total. The van der Waals surface area contributed by atoms with Crippen LogP contribution in [0.15, 0.2) is 24.3 Å². The van der Waals surface area contributed by atoms with E-state index in [0.29, 0.717) is 26.3 Å². The van der Waals surface area contributed by atoms with Gasteiger partial charge in [0.25, 0.3) is 0 Å². The maximum Gasteiger partial charge on any atom is 0.239 e. The summed E-state index contributed by atoms with van der Waals surface area (Å²) >= 11 is 0. The molecule has 1 saturated heterocycles. The topological polar surface area (TPSA) is 68.8 Å². The van der Waals surface area contributed by atoms with Crippen molar-refractivity contribution in [3.8, 4) is 11.5 Å². The van der Waals surface area contributed by atoms with Crippen LogP contribution in [0.25, 0.3) is 0 Å². The number of carbonyl (C=O) groups excluding carboxylic acids is 1. The zero-order valence-electron chi connectivity index (χ0n) is 12.4. The van der Waals surface area contributed by atoms with Gasteiger partial charge in [-0.25, -0.2) is 0 Å². The lowest BCUT2D eigenvalue weighted by molar-refractivity contribution is -0.129. The Balaban J connectivity index is 1.67. The van der Waals surface area contributed by atoms with E-state index in [-0.39, 0.29) is 18.1 Å². The lowest BCUT2D eigenvalue weighted by Crippen LogP contribution is -2.55. The lowest BCUT2D eigenvalue weighted by atomic mass is 10.1. The monoisotopic (exact) mass is 294 g/mol. The smallest absolute Gasteiger partial charge is 0.239 e. The normalized spacial score (nSPS) is 21.6. The summed E-state index contributed by atoms with van der Waals surface area (Å²) in [6.45, 7) is 4.11. The molecule has 0 aliphatic carbocycles. The zero-order valence-corrected chi connectivity index (χ0v) is 12.4. The maximum absolute atomic E-state index is 12.0. The van der Waals surface area contributed by atoms with Gasteiger partial charge >= 0.3 is 0 Å². The highest BCUT2D eigenvalue weighted by Gasteiger charge is 2.27. The third-order valence-electron chi connectivity index (χ3n) is 3.33. The molecule has 0 unspecified atom stereocenters. The molecule has 1 amide bonds. The minimum atomic E-state index is -0.292. The van der Waals surface area contributed by atoms with E-state index in [1.54, 1.807) is 7.11 Å². The summed E-state index contributed by atoms with van der Waals surface area (Å²) in [5.74, 6) is 1.48. The van der Waals surface area contributed by atoms with Crippen molar-refractivity contribution in [2.24, 2.45) is 0 Å². The van der Waals surface area contributed by atoms with Crippen molar-refractivity contribution in [2.75, 3.05) is 33.4 Å². The van der Waals surface area contributed by atoms with Crippen LogP contribution in [-0.2, 0) is 9.53 Å². The fraction of sp³-hybridized carbons (Fsp3) is 0.533. The van der Waals surface area contributed by atoms with Gasteiger partial charge in [0.1, 0.15) is 24.1 Å². The Kier molecular flexibility index (Phi) is 5.83. The van der Waals surface area contributed by atoms with E-state index in [0.717, 1.165) is 11.5 Å². The summed E-state index contributed by atoms with van der Waals surface area (Å²) in [7, 11) is 1.62. The Labute approximate surface area is 124 Å². The first kappa shape index (κ1) is 15.6. The van der Waals surface area contributed by atoms with Crippen LogP contribution in [0, 0.1) is 0 Å². The van der Waals surface area contributed by atoms with E-state index < -0.39 is 0 Å². The first-order valence-corrected chi connectivity index (χ1v) is 7.10. The number of methoxy groups -OCH3 is 1. The second-order valence-corrected chi connectivity index (χ2v) is 4.82. The van der Waals surface area contributed by atoms with Crippen molar-refractivity contribution in [1.29, 1.82) is 0 Å². The molecular formula is C15H22N2O4. The molecule has 21 heavy (non-hydrogen) atoms. The third kappa shape index (κ3) is 4.61. The number of ether oxygens (including phenoxy) is 3. The van der Waals surface area contributed by atoms with Gasteiger partial charge < -0.3 is 24.8 Å². The molecule has 2 rings (SSSR count). The van der Waals surface area contributed by atoms with E-state index >= 15 is 0 Å². The Hall–Kier alpha value is -1.79. The average molecular weight is 294 g/mol. The van der Waals surface area contributed by atoms with Crippen LogP contribution >= 0.6 is 0 Å². The maximum atomic E-state index is 12.0. The largest absolute Gasteiger partial charge is 0.497 e. The second kappa shape index (κ2) is 7.85. The number of hydrogen-bond acceptors (Lipinski definition) is 5. The van der Waals surface area contributed by atoms with Crippen molar-refractivity contribution >= 4 is 5.91 Å². The molecule has 0 spiro atoms. The quantitative estimate of drug-likeness (QED) is 0.751. The molecule has 1 aliphatic rings. The minimum absolute atomic E-state index is 0.0551. The van der Waals surface area contributed by atoms with Crippen molar-refractivity contribution in [3.63, 3.8) is 0 Å². The molecule has 1 aliphatic heterocycles. The molecule has 1 aromatic rings. The number of morpholine rings is 1. The fourth-order valence-electron chi connectivity index (χ4n) is 2.15. The molecule has 0 radical (unpaired) electrons. The van der Waals surface area contributed by atoms with Gasteiger partial charge in [0, 0.05) is 6.54 Å². The van der Waals surface area contributed by atoms with Crippen LogP contribution < -0.4 is 20.1 Å². The Morgan fingerprint density at radius 3 is 2.76 bits per heavy atom. The van der Waals surface area contributed by atoms with Crippen LogP contribution in [0.2, 0.25) is 0 Å². The highest BCUT2D eigenvalue weighted by Crippen LogP contribution is 2.16. The van der Waals surface area contributed by atoms with E-state index in [1.165, 1.54) is 0 Å². The van der Waals surface area contributed by atoms with Gasteiger partial charge in [0.05, 0.1) is 26.4 Å². The molecule has 0 bridgehead atoms. The van der Waals surface area contributed by atoms with Crippen LogP contribution in [0.3, 0.4) is 0 Å².